The zero-order valence-corrected chi connectivity index (χ0v) is 18.0. The number of carbonyl (C=O) groups excluding carboxylic acids is 1. The molecule has 1 aliphatic carbocycles. The van der Waals surface area contributed by atoms with Crippen LogP contribution in [0.5, 0.6) is 11.5 Å². The topological polar surface area (TPSA) is 73.6 Å². The normalized spacial score (nSPS) is 16.2. The smallest absolute Gasteiger partial charge is 0.241 e. The standard InChI is InChI=1S/C23H30N2O3.ClH/c1-27-19-12-11-18(15-20(19)28-2)23(13-7-4-8-14-23)16-25-22(26)21(24)17-9-5-3-6-10-17;/h3,5-6,9-12,15,21H,4,7-8,13-14,16,24H2,1-2H3,(H,25,26);1H. The van der Waals surface area contributed by atoms with Crippen LogP contribution < -0.4 is 20.5 Å². The van der Waals surface area contributed by atoms with Crippen LogP contribution in [0.2, 0.25) is 0 Å². The van der Waals surface area contributed by atoms with E-state index in [4.69, 9.17) is 15.2 Å². The van der Waals surface area contributed by atoms with Gasteiger partial charge in [-0.15, -0.1) is 12.4 Å². The van der Waals surface area contributed by atoms with E-state index in [0.29, 0.717) is 12.3 Å². The minimum absolute atomic E-state index is 0. The minimum Gasteiger partial charge on any atom is -0.493 e. The number of halogens is 1. The Morgan fingerprint density at radius 3 is 2.31 bits per heavy atom. The minimum atomic E-state index is -0.660. The van der Waals surface area contributed by atoms with E-state index in [-0.39, 0.29) is 23.7 Å². The SMILES string of the molecule is COc1ccc(C2(CNC(=O)C(N)c3ccccc3)CCCCC2)cc1OC.Cl. The quantitative estimate of drug-likeness (QED) is 0.708. The Labute approximate surface area is 179 Å². The van der Waals surface area contributed by atoms with Crippen molar-refractivity contribution in [3.63, 3.8) is 0 Å². The third kappa shape index (κ3) is 5.22. The molecule has 158 valence electrons. The summed E-state index contributed by atoms with van der Waals surface area (Å²) in [6.07, 6.45) is 5.59. The Morgan fingerprint density at radius 2 is 1.69 bits per heavy atom. The van der Waals surface area contributed by atoms with Gasteiger partial charge in [-0.3, -0.25) is 4.79 Å². The van der Waals surface area contributed by atoms with Gasteiger partial charge >= 0.3 is 0 Å². The van der Waals surface area contributed by atoms with Gasteiger partial charge in [0.1, 0.15) is 6.04 Å². The number of methoxy groups -OCH3 is 2. The summed E-state index contributed by atoms with van der Waals surface area (Å²) in [4.78, 5) is 12.7. The van der Waals surface area contributed by atoms with E-state index in [9.17, 15) is 4.79 Å². The lowest BCUT2D eigenvalue weighted by molar-refractivity contribution is -0.122. The molecular weight excluding hydrogens is 388 g/mol. The van der Waals surface area contributed by atoms with Gasteiger partial charge in [0.15, 0.2) is 11.5 Å². The maximum atomic E-state index is 12.7. The molecule has 2 aromatic carbocycles. The van der Waals surface area contributed by atoms with E-state index in [1.807, 2.05) is 42.5 Å². The van der Waals surface area contributed by atoms with Crippen LogP contribution in [0.3, 0.4) is 0 Å². The Kier molecular flexibility index (Phi) is 8.35. The molecule has 6 heteroatoms. The molecule has 1 amide bonds. The van der Waals surface area contributed by atoms with Crippen molar-refractivity contribution in [2.24, 2.45) is 5.73 Å². The molecule has 5 nitrogen and oxygen atoms in total. The number of ether oxygens (including phenoxy) is 2. The van der Waals surface area contributed by atoms with Gasteiger partial charge in [0.25, 0.3) is 0 Å². The molecule has 0 bridgehead atoms. The summed E-state index contributed by atoms with van der Waals surface area (Å²) < 4.78 is 10.9. The molecule has 1 unspecified atom stereocenters. The molecule has 3 rings (SSSR count). The van der Waals surface area contributed by atoms with Crippen LogP contribution >= 0.6 is 12.4 Å². The van der Waals surface area contributed by atoms with Gasteiger partial charge in [0.05, 0.1) is 14.2 Å². The van der Waals surface area contributed by atoms with E-state index in [2.05, 4.69) is 11.4 Å². The summed E-state index contributed by atoms with van der Waals surface area (Å²) in [5, 5.41) is 3.12. The lowest BCUT2D eigenvalue weighted by Gasteiger charge is -2.38. The van der Waals surface area contributed by atoms with Crippen LogP contribution in [0.15, 0.2) is 48.5 Å². The fourth-order valence-corrected chi connectivity index (χ4v) is 4.14. The molecule has 1 atom stereocenters. The van der Waals surface area contributed by atoms with Crippen LogP contribution in [0, 0.1) is 0 Å². The first-order valence-corrected chi connectivity index (χ1v) is 9.90. The predicted octanol–water partition coefficient (Wildman–Crippen LogP) is 4.14. The molecule has 29 heavy (non-hydrogen) atoms. The zero-order valence-electron chi connectivity index (χ0n) is 17.1. The number of nitrogens with two attached hydrogens (primary N) is 1. The average molecular weight is 419 g/mol. The first-order valence-electron chi connectivity index (χ1n) is 9.90. The molecule has 1 saturated carbocycles. The summed E-state index contributed by atoms with van der Waals surface area (Å²) in [5.74, 6) is 1.29. The van der Waals surface area contributed by atoms with Crippen LogP contribution in [0.25, 0.3) is 0 Å². The van der Waals surface area contributed by atoms with Crippen LogP contribution in [-0.2, 0) is 10.2 Å². The second-order valence-corrected chi connectivity index (χ2v) is 7.52. The van der Waals surface area contributed by atoms with Crippen molar-refractivity contribution in [2.75, 3.05) is 20.8 Å². The van der Waals surface area contributed by atoms with Crippen molar-refractivity contribution in [2.45, 2.75) is 43.6 Å². The number of carbonyl (C=O) groups is 1. The molecule has 0 aliphatic heterocycles. The molecule has 1 fully saturated rings. The first-order chi connectivity index (χ1) is 13.6. The monoisotopic (exact) mass is 418 g/mol. The van der Waals surface area contributed by atoms with E-state index < -0.39 is 6.04 Å². The molecule has 0 heterocycles. The van der Waals surface area contributed by atoms with Gasteiger partial charge < -0.3 is 20.5 Å². The highest BCUT2D eigenvalue weighted by Gasteiger charge is 2.35. The number of rotatable bonds is 7. The number of hydrogen-bond donors (Lipinski definition) is 2. The van der Waals surface area contributed by atoms with Gasteiger partial charge in [-0.05, 0) is 36.1 Å². The fourth-order valence-electron chi connectivity index (χ4n) is 4.14. The third-order valence-electron chi connectivity index (χ3n) is 5.85. The molecule has 1 aliphatic rings. The molecule has 0 saturated heterocycles. The molecule has 3 N–H and O–H groups in total. The van der Waals surface area contributed by atoms with Gasteiger partial charge in [-0.1, -0.05) is 55.7 Å². The Morgan fingerprint density at radius 1 is 1.03 bits per heavy atom. The summed E-state index contributed by atoms with van der Waals surface area (Å²) in [6, 6.07) is 14.9. The summed E-state index contributed by atoms with van der Waals surface area (Å²) >= 11 is 0. The lowest BCUT2D eigenvalue weighted by Crippen LogP contribution is -2.45. The van der Waals surface area contributed by atoms with E-state index in [1.165, 1.54) is 12.0 Å². The predicted molar refractivity (Wildman–Crippen MR) is 118 cm³/mol. The van der Waals surface area contributed by atoms with Gasteiger partial charge in [-0.2, -0.15) is 0 Å². The number of amides is 1. The van der Waals surface area contributed by atoms with Crippen LogP contribution in [-0.4, -0.2) is 26.7 Å². The molecule has 0 aromatic heterocycles. The highest BCUT2D eigenvalue weighted by atomic mass is 35.5. The Hall–Kier alpha value is -2.24. The molecule has 2 aromatic rings. The maximum absolute atomic E-state index is 12.7. The lowest BCUT2D eigenvalue weighted by atomic mass is 9.69. The summed E-state index contributed by atoms with van der Waals surface area (Å²) in [5.41, 5.74) is 8.07. The maximum Gasteiger partial charge on any atom is 0.241 e. The number of hydrogen-bond acceptors (Lipinski definition) is 4. The highest BCUT2D eigenvalue weighted by Crippen LogP contribution is 2.42. The average Bonchev–Trinajstić information content (AvgIpc) is 2.77. The van der Waals surface area contributed by atoms with E-state index >= 15 is 0 Å². The van der Waals surface area contributed by atoms with Crippen molar-refractivity contribution < 1.29 is 14.3 Å². The second-order valence-electron chi connectivity index (χ2n) is 7.52. The fraction of sp³-hybridized carbons (Fsp3) is 0.435. The van der Waals surface area contributed by atoms with Crippen molar-refractivity contribution in [3.8, 4) is 11.5 Å². The molecular formula is C23H31ClN2O3. The zero-order chi connectivity index (χ0) is 20.0. The second kappa shape index (κ2) is 10.5. The van der Waals surface area contributed by atoms with Crippen molar-refractivity contribution in [1.29, 1.82) is 0 Å². The first kappa shape index (κ1) is 23.0. The largest absolute Gasteiger partial charge is 0.493 e. The van der Waals surface area contributed by atoms with Gasteiger partial charge in [-0.25, -0.2) is 0 Å². The number of benzene rings is 2. The van der Waals surface area contributed by atoms with E-state index in [1.54, 1.807) is 14.2 Å². The van der Waals surface area contributed by atoms with Gasteiger partial charge in [0, 0.05) is 12.0 Å². The Balaban J connectivity index is 0.00000300. The highest BCUT2D eigenvalue weighted by molar-refractivity contribution is 5.85. The third-order valence-corrected chi connectivity index (χ3v) is 5.85. The van der Waals surface area contributed by atoms with Crippen molar-refractivity contribution in [1.82, 2.24) is 5.32 Å². The van der Waals surface area contributed by atoms with Crippen molar-refractivity contribution in [3.05, 3.63) is 59.7 Å². The number of nitrogens with one attached hydrogen (secondary N) is 1. The summed E-state index contributed by atoms with van der Waals surface area (Å²) in [6.45, 7) is 0.571. The summed E-state index contributed by atoms with van der Waals surface area (Å²) in [7, 11) is 3.29. The van der Waals surface area contributed by atoms with Crippen LogP contribution in [0.4, 0.5) is 0 Å². The van der Waals surface area contributed by atoms with E-state index in [0.717, 1.165) is 37.0 Å². The van der Waals surface area contributed by atoms with Crippen LogP contribution in [0.1, 0.15) is 49.3 Å². The van der Waals surface area contributed by atoms with Crippen molar-refractivity contribution >= 4 is 18.3 Å². The molecule has 0 spiro atoms. The molecule has 0 radical (unpaired) electrons. The Bertz CT molecular complexity index is 792. The van der Waals surface area contributed by atoms with Gasteiger partial charge in [0.2, 0.25) is 5.91 Å².